The van der Waals surface area contributed by atoms with E-state index >= 15 is 0 Å². The molecule has 0 amide bonds. The van der Waals surface area contributed by atoms with Crippen molar-refractivity contribution in [1.82, 2.24) is 9.03 Å². The van der Waals surface area contributed by atoms with Gasteiger partial charge in [-0.15, -0.1) is 0 Å². The van der Waals surface area contributed by atoms with Gasteiger partial charge in [0.2, 0.25) is 20.0 Å². The van der Waals surface area contributed by atoms with Gasteiger partial charge in [-0.25, -0.2) is 16.8 Å². The molecule has 2 aliphatic rings. The van der Waals surface area contributed by atoms with Crippen LogP contribution in [0.4, 0.5) is 0 Å². The van der Waals surface area contributed by atoms with E-state index in [-0.39, 0.29) is 15.7 Å². The van der Waals surface area contributed by atoms with Gasteiger partial charge in [-0.3, -0.25) is 0 Å². The van der Waals surface area contributed by atoms with Gasteiger partial charge in [0.15, 0.2) is 0 Å². The van der Waals surface area contributed by atoms with Crippen LogP contribution in [0.3, 0.4) is 0 Å². The monoisotopic (exact) mass is 383 g/mol. The molecule has 1 atom stereocenters. The summed E-state index contributed by atoms with van der Waals surface area (Å²) in [5.41, 5.74) is -1.14. The highest BCUT2D eigenvalue weighted by Crippen LogP contribution is 2.40. The number of nitrogens with one attached hydrogen (secondary N) is 1. The van der Waals surface area contributed by atoms with Crippen LogP contribution >= 0.6 is 0 Å². The number of sulfonamides is 2. The smallest absolute Gasteiger partial charge is 0.207 e. The van der Waals surface area contributed by atoms with Gasteiger partial charge in [0.05, 0.1) is 15.9 Å². The molecule has 0 unspecified atom stereocenters. The Kier molecular flexibility index (Phi) is 4.66. The van der Waals surface area contributed by atoms with E-state index in [1.807, 2.05) is 6.07 Å². The minimum absolute atomic E-state index is 0.0158. The molecule has 0 bridgehead atoms. The molecule has 7 nitrogen and oxygen atoms in total. The maximum Gasteiger partial charge on any atom is 0.243 e. The SMILES string of the molecule is C[C@](C#N)(NS(=O)(=O)c1ccc(S(=O)(=O)N2CCCC2)cc1)C1CC1. The van der Waals surface area contributed by atoms with Crippen LogP contribution in [-0.2, 0) is 20.0 Å². The minimum Gasteiger partial charge on any atom is -0.207 e. The third-order valence-corrected chi connectivity index (χ3v) is 8.31. The molecule has 1 saturated heterocycles. The largest absolute Gasteiger partial charge is 0.243 e. The number of rotatable bonds is 6. The summed E-state index contributed by atoms with van der Waals surface area (Å²) in [6.07, 6.45) is 3.31. The molecule has 1 aliphatic carbocycles. The number of nitrogens with zero attached hydrogens (tertiary/aromatic N) is 2. The van der Waals surface area contributed by atoms with Gasteiger partial charge in [-0.1, -0.05) is 0 Å². The van der Waals surface area contributed by atoms with E-state index in [1.165, 1.54) is 28.6 Å². The van der Waals surface area contributed by atoms with Crippen LogP contribution in [0.1, 0.15) is 32.6 Å². The zero-order chi connectivity index (χ0) is 18.3. The Labute approximate surface area is 148 Å². The number of nitriles is 1. The summed E-state index contributed by atoms with van der Waals surface area (Å²) in [6.45, 7) is 2.56. The Morgan fingerprint density at radius 2 is 1.60 bits per heavy atom. The van der Waals surface area contributed by atoms with Crippen LogP contribution in [0.2, 0.25) is 0 Å². The van der Waals surface area contributed by atoms with Crippen molar-refractivity contribution in [2.24, 2.45) is 5.92 Å². The van der Waals surface area contributed by atoms with Crippen molar-refractivity contribution in [3.05, 3.63) is 24.3 Å². The van der Waals surface area contributed by atoms with E-state index in [0.29, 0.717) is 13.1 Å². The Bertz CT molecular complexity index is 894. The molecule has 1 N–H and O–H groups in total. The first-order valence-electron chi connectivity index (χ1n) is 8.24. The summed E-state index contributed by atoms with van der Waals surface area (Å²) in [6, 6.07) is 7.21. The molecule has 0 radical (unpaired) electrons. The first kappa shape index (κ1) is 18.3. The molecule has 136 valence electrons. The standard InChI is InChI=1S/C16H21N3O4S2/c1-16(12-17,13-4-5-13)18-24(20,21)14-6-8-15(9-7-14)25(22,23)19-10-2-3-11-19/h6-9,13,18H,2-5,10-11H2,1H3/t16-/m1/s1. The summed E-state index contributed by atoms with van der Waals surface area (Å²) in [7, 11) is -7.48. The first-order valence-corrected chi connectivity index (χ1v) is 11.2. The third-order valence-electron chi connectivity index (χ3n) is 4.81. The van der Waals surface area contributed by atoms with Gasteiger partial charge < -0.3 is 0 Å². The van der Waals surface area contributed by atoms with E-state index in [2.05, 4.69) is 4.72 Å². The summed E-state index contributed by atoms with van der Waals surface area (Å²) >= 11 is 0. The van der Waals surface area contributed by atoms with Crippen molar-refractivity contribution in [2.45, 2.75) is 47.9 Å². The Morgan fingerprint density at radius 1 is 1.08 bits per heavy atom. The van der Waals surface area contributed by atoms with Crippen molar-refractivity contribution < 1.29 is 16.8 Å². The lowest BCUT2D eigenvalue weighted by Crippen LogP contribution is -2.46. The van der Waals surface area contributed by atoms with Crippen molar-refractivity contribution >= 4 is 20.0 Å². The normalized spacial score (nSPS) is 21.6. The van der Waals surface area contributed by atoms with Crippen molar-refractivity contribution in [1.29, 1.82) is 5.26 Å². The molecule has 2 fully saturated rings. The molecule has 1 saturated carbocycles. The van der Waals surface area contributed by atoms with Gasteiger partial charge in [0.1, 0.15) is 5.54 Å². The third kappa shape index (κ3) is 3.58. The highest BCUT2D eigenvalue weighted by molar-refractivity contribution is 7.89. The van der Waals surface area contributed by atoms with Crippen LogP contribution in [0.15, 0.2) is 34.1 Å². The van der Waals surface area contributed by atoms with Crippen LogP contribution in [0.5, 0.6) is 0 Å². The molecule has 1 heterocycles. The van der Waals surface area contributed by atoms with Crippen LogP contribution in [0, 0.1) is 17.2 Å². The predicted molar refractivity (Wildman–Crippen MR) is 91.5 cm³/mol. The second-order valence-corrected chi connectivity index (χ2v) is 10.4. The molecule has 1 aromatic carbocycles. The Morgan fingerprint density at radius 3 is 2.08 bits per heavy atom. The van der Waals surface area contributed by atoms with Crippen LogP contribution in [0.25, 0.3) is 0 Å². The van der Waals surface area contributed by atoms with Gasteiger partial charge >= 0.3 is 0 Å². The zero-order valence-electron chi connectivity index (χ0n) is 14.0. The van der Waals surface area contributed by atoms with E-state index in [1.54, 1.807) is 6.92 Å². The molecule has 3 rings (SSSR count). The second-order valence-electron chi connectivity index (χ2n) is 6.78. The van der Waals surface area contributed by atoms with E-state index in [9.17, 15) is 22.1 Å². The Hall–Kier alpha value is -1.47. The summed E-state index contributed by atoms with van der Waals surface area (Å²) in [5.74, 6) is 0.0158. The van der Waals surface area contributed by atoms with Crippen LogP contribution < -0.4 is 4.72 Å². The van der Waals surface area contributed by atoms with Crippen molar-refractivity contribution in [2.75, 3.05) is 13.1 Å². The van der Waals surface area contributed by atoms with E-state index in [4.69, 9.17) is 0 Å². The van der Waals surface area contributed by atoms with Gasteiger partial charge in [0.25, 0.3) is 0 Å². The lowest BCUT2D eigenvalue weighted by molar-refractivity contribution is 0.458. The summed E-state index contributed by atoms with van der Waals surface area (Å²) < 4.78 is 53.9. The fourth-order valence-electron chi connectivity index (χ4n) is 3.06. The highest BCUT2D eigenvalue weighted by atomic mass is 32.2. The molecule has 0 spiro atoms. The average molecular weight is 383 g/mol. The van der Waals surface area contributed by atoms with Crippen molar-refractivity contribution in [3.63, 3.8) is 0 Å². The lowest BCUT2D eigenvalue weighted by atomic mass is 10.0. The fraction of sp³-hybridized carbons (Fsp3) is 0.562. The maximum absolute atomic E-state index is 12.5. The highest BCUT2D eigenvalue weighted by Gasteiger charge is 2.44. The quantitative estimate of drug-likeness (QED) is 0.800. The maximum atomic E-state index is 12.5. The summed E-state index contributed by atoms with van der Waals surface area (Å²) in [5, 5.41) is 9.32. The molecule has 9 heteroatoms. The number of benzene rings is 1. The van der Waals surface area contributed by atoms with Gasteiger partial charge in [-0.2, -0.15) is 14.3 Å². The zero-order valence-corrected chi connectivity index (χ0v) is 15.6. The van der Waals surface area contributed by atoms with E-state index in [0.717, 1.165) is 25.7 Å². The van der Waals surface area contributed by atoms with Gasteiger partial charge in [0, 0.05) is 13.1 Å². The molecule has 25 heavy (non-hydrogen) atoms. The topological polar surface area (TPSA) is 107 Å². The molecule has 1 aliphatic heterocycles. The number of hydrogen-bond donors (Lipinski definition) is 1. The first-order chi connectivity index (χ1) is 11.7. The molecular formula is C16H21N3O4S2. The fourth-order valence-corrected chi connectivity index (χ4v) is 5.96. The predicted octanol–water partition coefficient (Wildman–Crippen LogP) is 1.44. The Balaban J connectivity index is 1.83. The molecule has 0 aromatic heterocycles. The lowest BCUT2D eigenvalue weighted by Gasteiger charge is -2.22. The molecular weight excluding hydrogens is 362 g/mol. The summed E-state index contributed by atoms with van der Waals surface area (Å²) in [4.78, 5) is 0.0357. The van der Waals surface area contributed by atoms with Crippen molar-refractivity contribution in [3.8, 4) is 6.07 Å². The second kappa shape index (κ2) is 6.36. The average Bonchev–Trinajstić information content (AvgIpc) is 3.29. The minimum atomic E-state index is -3.90. The number of hydrogen-bond acceptors (Lipinski definition) is 5. The van der Waals surface area contributed by atoms with Crippen LogP contribution in [-0.4, -0.2) is 39.8 Å². The molecule has 1 aromatic rings. The van der Waals surface area contributed by atoms with Gasteiger partial charge in [-0.05, 0) is 62.8 Å². The van der Waals surface area contributed by atoms with E-state index < -0.39 is 25.6 Å².